The Morgan fingerprint density at radius 1 is 1.02 bits per heavy atom. The number of nitrogens with zero attached hydrogens (tertiary/aromatic N) is 3. The molecule has 1 aromatic heterocycles. The smallest absolute Gasteiger partial charge is 0.416 e. The van der Waals surface area contributed by atoms with Crippen LogP contribution in [0.2, 0.25) is 5.02 Å². The summed E-state index contributed by atoms with van der Waals surface area (Å²) >= 11 is 7.04. The number of amides is 2. The number of rotatable bonds is 10. The van der Waals surface area contributed by atoms with Gasteiger partial charge < -0.3 is 19.9 Å². The molecule has 208 valence electrons. The highest BCUT2D eigenvalue weighted by Crippen LogP contribution is 2.34. The second-order valence-electron chi connectivity index (χ2n) is 8.41. The lowest BCUT2D eigenvalue weighted by Crippen LogP contribution is -2.25. The molecular formula is C27H23ClF3N5O3S. The van der Waals surface area contributed by atoms with Gasteiger partial charge in [0, 0.05) is 5.56 Å². The molecule has 0 saturated carbocycles. The molecule has 2 amide bonds. The zero-order valence-electron chi connectivity index (χ0n) is 21.0. The lowest BCUT2D eigenvalue weighted by molar-refractivity contribution is -0.137. The van der Waals surface area contributed by atoms with E-state index in [-0.39, 0.29) is 28.9 Å². The number of carbonyl (C=O) groups is 2. The van der Waals surface area contributed by atoms with E-state index in [2.05, 4.69) is 20.8 Å². The zero-order valence-corrected chi connectivity index (χ0v) is 22.6. The number of nitrogens with one attached hydrogen (secondary N) is 2. The standard InChI is InChI=1S/C27H23ClF3N5O3S/c1-39-20-10-7-18(8-11-20)25(38)32-14-23-34-35-26(36(23)15-17-5-3-2-4-6-17)40-16-24(37)33-22-13-19(27(29,30)31)9-12-21(22)28/h2-13H,14-16H2,1H3,(H,32,38)(H,33,37). The van der Waals surface area contributed by atoms with Gasteiger partial charge in [-0.15, -0.1) is 10.2 Å². The number of hydrogen-bond donors (Lipinski definition) is 2. The van der Waals surface area contributed by atoms with Gasteiger partial charge in [0.25, 0.3) is 5.91 Å². The number of anilines is 1. The largest absolute Gasteiger partial charge is 0.497 e. The molecule has 0 unspecified atom stereocenters. The summed E-state index contributed by atoms with van der Waals surface area (Å²) in [7, 11) is 1.54. The summed E-state index contributed by atoms with van der Waals surface area (Å²) in [5.74, 6) is 0.0191. The molecule has 0 bridgehead atoms. The minimum Gasteiger partial charge on any atom is -0.497 e. The SMILES string of the molecule is COc1ccc(C(=O)NCc2nnc(SCC(=O)Nc3cc(C(F)(F)F)ccc3Cl)n2Cc2ccccc2)cc1. The molecule has 4 aromatic rings. The lowest BCUT2D eigenvalue weighted by atomic mass is 10.2. The molecular weight excluding hydrogens is 567 g/mol. The first-order valence-electron chi connectivity index (χ1n) is 11.8. The Kier molecular flexibility index (Phi) is 9.33. The number of ether oxygens (including phenoxy) is 1. The molecule has 0 aliphatic carbocycles. The van der Waals surface area contributed by atoms with Crippen molar-refractivity contribution < 1.29 is 27.5 Å². The second kappa shape index (κ2) is 12.9. The van der Waals surface area contributed by atoms with Gasteiger partial charge in [-0.3, -0.25) is 9.59 Å². The number of aromatic nitrogens is 3. The highest BCUT2D eigenvalue weighted by atomic mass is 35.5. The molecule has 0 saturated heterocycles. The third-order valence-electron chi connectivity index (χ3n) is 5.64. The topological polar surface area (TPSA) is 98.1 Å². The van der Waals surface area contributed by atoms with Crippen LogP contribution in [0.25, 0.3) is 0 Å². The van der Waals surface area contributed by atoms with Crippen LogP contribution in [0.3, 0.4) is 0 Å². The lowest BCUT2D eigenvalue weighted by Gasteiger charge is -2.13. The fraction of sp³-hybridized carbons (Fsp3) is 0.185. The first kappa shape index (κ1) is 29.0. The Labute approximate surface area is 236 Å². The molecule has 40 heavy (non-hydrogen) atoms. The van der Waals surface area contributed by atoms with E-state index in [1.807, 2.05) is 30.3 Å². The fourth-order valence-electron chi connectivity index (χ4n) is 3.60. The molecule has 8 nitrogen and oxygen atoms in total. The van der Waals surface area contributed by atoms with Gasteiger partial charge in [0.15, 0.2) is 11.0 Å². The Hall–Kier alpha value is -4.03. The van der Waals surface area contributed by atoms with Crippen LogP contribution in [0.4, 0.5) is 18.9 Å². The van der Waals surface area contributed by atoms with Crippen molar-refractivity contribution in [1.82, 2.24) is 20.1 Å². The summed E-state index contributed by atoms with van der Waals surface area (Å²) in [4.78, 5) is 25.2. The van der Waals surface area contributed by atoms with Crippen molar-refractivity contribution >= 4 is 40.9 Å². The molecule has 0 atom stereocenters. The van der Waals surface area contributed by atoms with Crippen LogP contribution in [0.5, 0.6) is 5.75 Å². The molecule has 2 N–H and O–H groups in total. The number of alkyl halides is 3. The van der Waals surface area contributed by atoms with Crippen molar-refractivity contribution in [2.24, 2.45) is 0 Å². The Morgan fingerprint density at radius 2 is 1.75 bits per heavy atom. The Balaban J connectivity index is 1.46. The first-order chi connectivity index (χ1) is 19.1. The third-order valence-corrected chi connectivity index (χ3v) is 6.93. The molecule has 3 aromatic carbocycles. The van der Waals surface area contributed by atoms with Crippen molar-refractivity contribution in [2.75, 3.05) is 18.2 Å². The van der Waals surface area contributed by atoms with Crippen LogP contribution in [-0.2, 0) is 24.1 Å². The normalized spacial score (nSPS) is 11.2. The van der Waals surface area contributed by atoms with Crippen LogP contribution in [-0.4, -0.2) is 39.4 Å². The average molecular weight is 590 g/mol. The molecule has 0 spiro atoms. The molecule has 4 rings (SSSR count). The van der Waals surface area contributed by atoms with Gasteiger partial charge in [0.1, 0.15) is 5.75 Å². The van der Waals surface area contributed by atoms with Crippen LogP contribution >= 0.6 is 23.4 Å². The van der Waals surface area contributed by atoms with E-state index >= 15 is 0 Å². The van der Waals surface area contributed by atoms with Crippen LogP contribution in [0.15, 0.2) is 78.0 Å². The summed E-state index contributed by atoms with van der Waals surface area (Å²) in [5, 5.41) is 14.0. The van der Waals surface area contributed by atoms with Crippen molar-refractivity contribution in [3.63, 3.8) is 0 Å². The van der Waals surface area contributed by atoms with Crippen molar-refractivity contribution in [3.05, 3.63) is 100 Å². The molecule has 1 heterocycles. The van der Waals surface area contributed by atoms with E-state index < -0.39 is 17.6 Å². The van der Waals surface area contributed by atoms with Crippen LogP contribution < -0.4 is 15.4 Å². The third kappa shape index (κ3) is 7.54. The van der Waals surface area contributed by atoms with Gasteiger partial charge in [-0.1, -0.05) is 53.7 Å². The highest BCUT2D eigenvalue weighted by Gasteiger charge is 2.31. The van der Waals surface area contributed by atoms with Gasteiger partial charge in [-0.2, -0.15) is 13.2 Å². The summed E-state index contributed by atoms with van der Waals surface area (Å²) in [5.41, 5.74) is 0.306. The number of halogens is 4. The van der Waals surface area contributed by atoms with Gasteiger partial charge in [-0.05, 0) is 48.0 Å². The quantitative estimate of drug-likeness (QED) is 0.231. The van der Waals surface area contributed by atoms with E-state index in [1.165, 1.54) is 7.11 Å². The van der Waals surface area contributed by atoms with E-state index in [9.17, 15) is 22.8 Å². The monoisotopic (exact) mass is 589 g/mol. The molecule has 13 heteroatoms. The van der Waals surface area contributed by atoms with Crippen LogP contribution in [0.1, 0.15) is 27.3 Å². The van der Waals surface area contributed by atoms with Gasteiger partial charge >= 0.3 is 6.18 Å². The number of benzene rings is 3. The average Bonchev–Trinajstić information content (AvgIpc) is 3.32. The van der Waals surface area contributed by atoms with E-state index in [1.54, 1.807) is 28.8 Å². The maximum Gasteiger partial charge on any atom is 0.416 e. The molecule has 0 aliphatic heterocycles. The summed E-state index contributed by atoms with van der Waals surface area (Å²) in [6.07, 6.45) is -4.58. The zero-order chi connectivity index (χ0) is 28.7. The maximum atomic E-state index is 13.1. The van der Waals surface area contributed by atoms with E-state index in [0.29, 0.717) is 28.8 Å². The number of carbonyl (C=O) groups excluding carboxylic acids is 2. The van der Waals surface area contributed by atoms with Gasteiger partial charge in [0.2, 0.25) is 5.91 Å². The number of thioether (sulfide) groups is 1. The van der Waals surface area contributed by atoms with Crippen molar-refractivity contribution in [2.45, 2.75) is 24.4 Å². The Bertz CT molecular complexity index is 1480. The Morgan fingerprint density at radius 3 is 2.42 bits per heavy atom. The van der Waals surface area contributed by atoms with Crippen molar-refractivity contribution in [1.29, 1.82) is 0 Å². The molecule has 0 radical (unpaired) electrons. The fourth-order valence-corrected chi connectivity index (χ4v) is 4.52. The highest BCUT2D eigenvalue weighted by molar-refractivity contribution is 7.99. The van der Waals surface area contributed by atoms with Crippen molar-refractivity contribution in [3.8, 4) is 5.75 Å². The molecule has 0 aliphatic rings. The first-order valence-corrected chi connectivity index (χ1v) is 13.2. The molecule has 0 fully saturated rings. The number of hydrogen-bond acceptors (Lipinski definition) is 6. The van der Waals surface area contributed by atoms with Gasteiger partial charge in [-0.25, -0.2) is 0 Å². The van der Waals surface area contributed by atoms with E-state index in [0.717, 1.165) is 35.5 Å². The minimum absolute atomic E-state index is 0.0199. The predicted octanol–water partition coefficient (Wildman–Crippen LogP) is 5.67. The number of methoxy groups -OCH3 is 1. The summed E-state index contributed by atoms with van der Waals surface area (Å²) in [6, 6.07) is 18.8. The summed E-state index contributed by atoms with van der Waals surface area (Å²) < 4.78 is 46.1. The van der Waals surface area contributed by atoms with Crippen LogP contribution in [0, 0.1) is 0 Å². The predicted molar refractivity (Wildman–Crippen MR) is 146 cm³/mol. The second-order valence-corrected chi connectivity index (χ2v) is 9.76. The maximum absolute atomic E-state index is 13.1. The van der Waals surface area contributed by atoms with Gasteiger partial charge in [0.05, 0.1) is 42.2 Å². The summed E-state index contributed by atoms with van der Waals surface area (Å²) in [6.45, 7) is 0.433. The van der Waals surface area contributed by atoms with E-state index in [4.69, 9.17) is 16.3 Å². The minimum atomic E-state index is -4.58.